The van der Waals surface area contributed by atoms with Gasteiger partial charge in [-0.1, -0.05) is 19.1 Å². The van der Waals surface area contributed by atoms with Crippen LogP contribution in [0.5, 0.6) is 0 Å². The van der Waals surface area contributed by atoms with Crippen LogP contribution in [0.2, 0.25) is 0 Å². The molecular formula is C14H19NO4S. The van der Waals surface area contributed by atoms with Crippen LogP contribution in [0.4, 0.5) is 0 Å². The van der Waals surface area contributed by atoms with E-state index in [0.717, 1.165) is 12.0 Å². The predicted molar refractivity (Wildman–Crippen MR) is 74.9 cm³/mol. The molecule has 0 saturated carbocycles. The van der Waals surface area contributed by atoms with Crippen molar-refractivity contribution in [2.24, 2.45) is 5.92 Å². The zero-order valence-corrected chi connectivity index (χ0v) is 12.3. The van der Waals surface area contributed by atoms with Crippen LogP contribution in [0.1, 0.15) is 25.3 Å². The molecule has 1 saturated heterocycles. The van der Waals surface area contributed by atoms with E-state index >= 15 is 0 Å². The Morgan fingerprint density at radius 3 is 2.55 bits per heavy atom. The van der Waals surface area contributed by atoms with Gasteiger partial charge in [0.1, 0.15) is 0 Å². The molecule has 1 aliphatic heterocycles. The third-order valence-corrected chi connectivity index (χ3v) is 5.58. The van der Waals surface area contributed by atoms with Crippen molar-refractivity contribution in [3.63, 3.8) is 0 Å². The molecule has 2 rings (SSSR count). The van der Waals surface area contributed by atoms with Gasteiger partial charge >= 0.3 is 5.97 Å². The standard InChI is InChI=1S/C14H19NO4S/c1-2-11-5-7-13(8-6-11)20(18,19)15-9-3-4-12(10-15)14(16)17/h5-8,12H,2-4,9-10H2,1H3,(H,16,17)/t12-/m1/s1. The normalized spacial score (nSPS) is 20.8. The van der Waals surface area contributed by atoms with Crippen molar-refractivity contribution in [1.29, 1.82) is 0 Å². The molecule has 1 atom stereocenters. The Bertz CT molecular complexity index is 580. The number of carboxylic acids is 1. The number of carboxylic acid groups (broad SMARTS) is 1. The molecule has 20 heavy (non-hydrogen) atoms. The van der Waals surface area contributed by atoms with E-state index in [9.17, 15) is 13.2 Å². The molecule has 0 amide bonds. The summed E-state index contributed by atoms with van der Waals surface area (Å²) >= 11 is 0. The van der Waals surface area contributed by atoms with E-state index in [2.05, 4.69) is 0 Å². The predicted octanol–water partition coefficient (Wildman–Crippen LogP) is 1.73. The summed E-state index contributed by atoms with van der Waals surface area (Å²) in [5, 5.41) is 9.04. The molecule has 1 aromatic carbocycles. The van der Waals surface area contributed by atoms with E-state index in [1.165, 1.54) is 4.31 Å². The molecule has 0 unspecified atom stereocenters. The second-order valence-electron chi connectivity index (χ2n) is 5.04. The minimum Gasteiger partial charge on any atom is -0.481 e. The van der Waals surface area contributed by atoms with E-state index < -0.39 is 21.9 Å². The van der Waals surface area contributed by atoms with E-state index in [-0.39, 0.29) is 11.4 Å². The molecule has 1 fully saturated rings. The second-order valence-corrected chi connectivity index (χ2v) is 6.98. The molecule has 0 spiro atoms. The highest BCUT2D eigenvalue weighted by atomic mass is 32.2. The largest absolute Gasteiger partial charge is 0.481 e. The van der Waals surface area contributed by atoms with Crippen molar-refractivity contribution >= 4 is 16.0 Å². The van der Waals surface area contributed by atoms with Crippen LogP contribution in [0.25, 0.3) is 0 Å². The van der Waals surface area contributed by atoms with E-state index in [4.69, 9.17) is 5.11 Å². The molecule has 1 N–H and O–H groups in total. The zero-order valence-electron chi connectivity index (χ0n) is 11.4. The number of carbonyl (C=O) groups is 1. The summed E-state index contributed by atoms with van der Waals surface area (Å²) in [5.74, 6) is -1.53. The topological polar surface area (TPSA) is 74.7 Å². The van der Waals surface area contributed by atoms with Crippen molar-refractivity contribution in [2.75, 3.05) is 13.1 Å². The van der Waals surface area contributed by atoms with Gasteiger partial charge in [0.25, 0.3) is 0 Å². The average molecular weight is 297 g/mol. The Morgan fingerprint density at radius 1 is 1.35 bits per heavy atom. The summed E-state index contributed by atoms with van der Waals surface area (Å²) in [6.07, 6.45) is 1.98. The highest BCUT2D eigenvalue weighted by molar-refractivity contribution is 7.89. The molecule has 0 aliphatic carbocycles. The van der Waals surface area contributed by atoms with Gasteiger partial charge in [-0.2, -0.15) is 4.31 Å². The maximum Gasteiger partial charge on any atom is 0.307 e. The quantitative estimate of drug-likeness (QED) is 0.918. The smallest absolute Gasteiger partial charge is 0.307 e. The van der Waals surface area contributed by atoms with Crippen LogP contribution >= 0.6 is 0 Å². The van der Waals surface area contributed by atoms with E-state index in [0.29, 0.717) is 19.4 Å². The van der Waals surface area contributed by atoms with Gasteiger partial charge in [0.05, 0.1) is 10.8 Å². The molecule has 1 heterocycles. The molecule has 110 valence electrons. The first kappa shape index (κ1) is 15.0. The van der Waals surface area contributed by atoms with Crippen molar-refractivity contribution in [3.8, 4) is 0 Å². The van der Waals surface area contributed by atoms with Crippen LogP contribution < -0.4 is 0 Å². The number of benzene rings is 1. The van der Waals surface area contributed by atoms with Gasteiger partial charge in [-0.25, -0.2) is 8.42 Å². The van der Waals surface area contributed by atoms with Crippen molar-refractivity contribution in [1.82, 2.24) is 4.31 Å². The van der Waals surface area contributed by atoms with E-state index in [1.54, 1.807) is 24.3 Å². The number of aryl methyl sites for hydroxylation is 1. The Labute approximate surface area is 119 Å². The first-order chi connectivity index (χ1) is 9.45. The summed E-state index contributed by atoms with van der Waals surface area (Å²) < 4.78 is 26.3. The van der Waals surface area contributed by atoms with Gasteiger partial charge in [-0.15, -0.1) is 0 Å². The third kappa shape index (κ3) is 3.02. The van der Waals surface area contributed by atoms with Gasteiger partial charge in [-0.3, -0.25) is 4.79 Å². The van der Waals surface area contributed by atoms with Gasteiger partial charge in [0, 0.05) is 13.1 Å². The first-order valence-electron chi connectivity index (χ1n) is 6.77. The van der Waals surface area contributed by atoms with Gasteiger partial charge < -0.3 is 5.11 Å². The Balaban J connectivity index is 2.22. The molecule has 0 radical (unpaired) electrons. The average Bonchev–Trinajstić information content (AvgIpc) is 2.47. The zero-order chi connectivity index (χ0) is 14.8. The highest BCUT2D eigenvalue weighted by Crippen LogP contribution is 2.24. The Morgan fingerprint density at radius 2 is 2.00 bits per heavy atom. The van der Waals surface area contributed by atoms with Gasteiger partial charge in [0.2, 0.25) is 10.0 Å². The number of piperidine rings is 1. The number of hydrogen-bond donors (Lipinski definition) is 1. The van der Waals surface area contributed by atoms with Crippen LogP contribution in [0.3, 0.4) is 0 Å². The summed E-state index contributed by atoms with van der Waals surface area (Å²) in [7, 11) is -3.58. The fraction of sp³-hybridized carbons (Fsp3) is 0.500. The second kappa shape index (κ2) is 5.93. The maximum atomic E-state index is 12.5. The molecule has 1 aromatic rings. The lowest BCUT2D eigenvalue weighted by Gasteiger charge is -2.29. The number of sulfonamides is 1. The van der Waals surface area contributed by atoms with Gasteiger partial charge in [0.15, 0.2) is 0 Å². The van der Waals surface area contributed by atoms with Crippen molar-refractivity contribution in [2.45, 2.75) is 31.1 Å². The fourth-order valence-corrected chi connectivity index (χ4v) is 3.93. The van der Waals surface area contributed by atoms with Crippen LogP contribution in [-0.4, -0.2) is 36.9 Å². The summed E-state index contributed by atoms with van der Waals surface area (Å²) in [4.78, 5) is 11.3. The fourth-order valence-electron chi connectivity index (χ4n) is 2.41. The molecule has 1 aliphatic rings. The molecule has 5 nitrogen and oxygen atoms in total. The number of rotatable bonds is 4. The molecular weight excluding hydrogens is 278 g/mol. The summed E-state index contributed by atoms with van der Waals surface area (Å²) in [6, 6.07) is 6.79. The molecule has 0 bridgehead atoms. The van der Waals surface area contributed by atoms with Gasteiger partial charge in [-0.05, 0) is 37.0 Å². The monoisotopic (exact) mass is 297 g/mol. The van der Waals surface area contributed by atoms with Crippen LogP contribution in [0, 0.1) is 5.92 Å². The van der Waals surface area contributed by atoms with E-state index in [1.807, 2.05) is 6.92 Å². The lowest BCUT2D eigenvalue weighted by Crippen LogP contribution is -2.42. The number of hydrogen-bond acceptors (Lipinski definition) is 3. The van der Waals surface area contributed by atoms with Crippen LogP contribution in [0.15, 0.2) is 29.2 Å². The summed E-state index contributed by atoms with van der Waals surface area (Å²) in [6.45, 7) is 2.46. The molecule has 6 heteroatoms. The van der Waals surface area contributed by atoms with Crippen molar-refractivity contribution < 1.29 is 18.3 Å². The first-order valence-corrected chi connectivity index (χ1v) is 8.21. The Kier molecular flexibility index (Phi) is 4.45. The highest BCUT2D eigenvalue weighted by Gasteiger charge is 2.33. The SMILES string of the molecule is CCc1ccc(S(=O)(=O)N2CCC[C@@H](C(=O)O)C2)cc1. The molecule has 0 aromatic heterocycles. The Hall–Kier alpha value is -1.40. The number of aliphatic carboxylic acids is 1. The lowest BCUT2D eigenvalue weighted by molar-refractivity contribution is -0.142. The minimum atomic E-state index is -3.58. The minimum absolute atomic E-state index is 0.0627. The summed E-state index contributed by atoms with van der Waals surface area (Å²) in [5.41, 5.74) is 1.08. The van der Waals surface area contributed by atoms with Crippen LogP contribution in [-0.2, 0) is 21.2 Å². The third-order valence-electron chi connectivity index (χ3n) is 3.70. The van der Waals surface area contributed by atoms with Crippen molar-refractivity contribution in [3.05, 3.63) is 29.8 Å². The number of nitrogens with zero attached hydrogens (tertiary/aromatic N) is 1. The lowest BCUT2D eigenvalue weighted by atomic mass is 10.0. The maximum absolute atomic E-state index is 12.5.